The SMILES string of the molecule is Cn1c(Br)c(CC(N)C(=O)O)c2cccc(F)c21. The Morgan fingerprint density at radius 2 is 2.28 bits per heavy atom. The number of para-hydroxylation sites is 1. The average molecular weight is 315 g/mol. The number of rotatable bonds is 3. The van der Waals surface area contributed by atoms with E-state index >= 15 is 0 Å². The summed E-state index contributed by atoms with van der Waals surface area (Å²) in [7, 11) is 1.71. The Hall–Kier alpha value is -1.40. The van der Waals surface area contributed by atoms with Crippen LogP contribution in [0.25, 0.3) is 10.9 Å². The van der Waals surface area contributed by atoms with Gasteiger partial charge in [0.25, 0.3) is 0 Å². The predicted molar refractivity (Wildman–Crippen MR) is 69.9 cm³/mol. The molecule has 1 unspecified atom stereocenters. The van der Waals surface area contributed by atoms with Crippen LogP contribution in [0.1, 0.15) is 5.56 Å². The van der Waals surface area contributed by atoms with Crippen LogP contribution in [0.15, 0.2) is 22.8 Å². The number of carbonyl (C=O) groups is 1. The van der Waals surface area contributed by atoms with Gasteiger partial charge >= 0.3 is 5.97 Å². The van der Waals surface area contributed by atoms with Crippen molar-refractivity contribution in [3.05, 3.63) is 34.2 Å². The molecule has 4 nitrogen and oxygen atoms in total. The summed E-state index contributed by atoms with van der Waals surface area (Å²) >= 11 is 3.35. The second-order valence-corrected chi connectivity index (χ2v) is 4.86. The monoisotopic (exact) mass is 314 g/mol. The summed E-state index contributed by atoms with van der Waals surface area (Å²) in [5.74, 6) is -1.42. The van der Waals surface area contributed by atoms with Crippen molar-refractivity contribution in [1.29, 1.82) is 0 Å². The van der Waals surface area contributed by atoms with E-state index in [9.17, 15) is 9.18 Å². The van der Waals surface area contributed by atoms with Gasteiger partial charge < -0.3 is 15.4 Å². The molecule has 1 aromatic carbocycles. The van der Waals surface area contributed by atoms with Gasteiger partial charge in [-0.25, -0.2) is 4.39 Å². The molecule has 0 aliphatic heterocycles. The second kappa shape index (κ2) is 4.70. The standard InChI is InChI=1S/C12H12BrFN2O2/c1-16-10-6(3-2-4-8(10)14)7(11(16)13)5-9(15)12(17)18/h2-4,9H,5,15H2,1H3,(H,17,18). The van der Waals surface area contributed by atoms with Crippen LogP contribution in [0.2, 0.25) is 0 Å². The minimum absolute atomic E-state index is 0.150. The van der Waals surface area contributed by atoms with Gasteiger partial charge in [0.1, 0.15) is 11.9 Å². The zero-order chi connectivity index (χ0) is 13.4. The summed E-state index contributed by atoms with van der Waals surface area (Å²) < 4.78 is 16.0. The molecule has 18 heavy (non-hydrogen) atoms. The van der Waals surface area contributed by atoms with E-state index in [1.54, 1.807) is 23.7 Å². The van der Waals surface area contributed by atoms with Gasteiger partial charge in [-0.15, -0.1) is 0 Å². The lowest BCUT2D eigenvalue weighted by atomic mass is 10.1. The molecular weight excluding hydrogens is 303 g/mol. The molecule has 0 fully saturated rings. The van der Waals surface area contributed by atoms with Gasteiger partial charge in [0.2, 0.25) is 0 Å². The van der Waals surface area contributed by atoms with Gasteiger partial charge in [0.15, 0.2) is 0 Å². The van der Waals surface area contributed by atoms with Crippen LogP contribution in [-0.4, -0.2) is 21.7 Å². The first-order valence-corrected chi connectivity index (χ1v) is 6.12. The van der Waals surface area contributed by atoms with Crippen molar-refractivity contribution in [3.8, 4) is 0 Å². The van der Waals surface area contributed by atoms with E-state index in [1.165, 1.54) is 6.07 Å². The number of carboxylic acid groups (broad SMARTS) is 1. The number of hydrogen-bond donors (Lipinski definition) is 2. The Morgan fingerprint density at radius 3 is 2.89 bits per heavy atom. The summed E-state index contributed by atoms with van der Waals surface area (Å²) in [5, 5.41) is 9.53. The Labute approximate surface area is 111 Å². The molecule has 0 aliphatic carbocycles. The zero-order valence-electron chi connectivity index (χ0n) is 9.65. The summed E-state index contributed by atoms with van der Waals surface area (Å²) in [6, 6.07) is 3.72. The highest BCUT2D eigenvalue weighted by molar-refractivity contribution is 9.10. The predicted octanol–water partition coefficient (Wildman–Crippen LogP) is 2.03. The van der Waals surface area contributed by atoms with E-state index in [0.29, 0.717) is 21.1 Å². The summed E-state index contributed by atoms with van der Waals surface area (Å²) in [6.45, 7) is 0. The molecule has 2 rings (SSSR count). The van der Waals surface area contributed by atoms with Crippen molar-refractivity contribution in [2.45, 2.75) is 12.5 Å². The molecule has 0 saturated heterocycles. The van der Waals surface area contributed by atoms with Crippen LogP contribution in [0, 0.1) is 5.82 Å². The fourth-order valence-corrected chi connectivity index (χ4v) is 2.57. The lowest BCUT2D eigenvalue weighted by Gasteiger charge is -2.06. The molecule has 6 heteroatoms. The van der Waals surface area contributed by atoms with Crippen LogP contribution >= 0.6 is 15.9 Å². The number of aliphatic carboxylic acids is 1. The third-order valence-electron chi connectivity index (χ3n) is 2.93. The minimum atomic E-state index is -1.07. The summed E-state index contributed by atoms with van der Waals surface area (Å²) in [4.78, 5) is 10.8. The Balaban J connectivity index is 2.61. The zero-order valence-corrected chi connectivity index (χ0v) is 11.2. The van der Waals surface area contributed by atoms with E-state index in [0.717, 1.165) is 0 Å². The van der Waals surface area contributed by atoms with E-state index in [-0.39, 0.29) is 12.2 Å². The smallest absolute Gasteiger partial charge is 0.320 e. The molecule has 0 aliphatic rings. The van der Waals surface area contributed by atoms with Crippen LogP contribution in [-0.2, 0) is 18.3 Å². The first-order chi connectivity index (χ1) is 8.43. The van der Waals surface area contributed by atoms with Crippen molar-refractivity contribution < 1.29 is 14.3 Å². The Kier molecular flexibility index (Phi) is 3.41. The number of benzene rings is 1. The van der Waals surface area contributed by atoms with Gasteiger partial charge in [0, 0.05) is 18.9 Å². The number of hydrogen-bond acceptors (Lipinski definition) is 2. The average Bonchev–Trinajstić information content (AvgIpc) is 2.55. The fourth-order valence-electron chi connectivity index (χ4n) is 2.01. The molecule has 96 valence electrons. The number of carboxylic acids is 1. The third-order valence-corrected chi connectivity index (χ3v) is 3.94. The van der Waals surface area contributed by atoms with Gasteiger partial charge in [-0.3, -0.25) is 4.79 Å². The van der Waals surface area contributed by atoms with Crippen molar-refractivity contribution in [2.24, 2.45) is 12.8 Å². The maximum absolute atomic E-state index is 13.7. The van der Waals surface area contributed by atoms with Crippen LogP contribution in [0.4, 0.5) is 4.39 Å². The molecule has 3 N–H and O–H groups in total. The Bertz CT molecular complexity index is 624. The molecular formula is C12H12BrFN2O2. The molecule has 0 amide bonds. The molecule has 0 bridgehead atoms. The van der Waals surface area contributed by atoms with Gasteiger partial charge in [-0.05, 0) is 27.6 Å². The fraction of sp³-hybridized carbons (Fsp3) is 0.250. The lowest BCUT2D eigenvalue weighted by Crippen LogP contribution is -2.32. The number of nitrogens with zero attached hydrogens (tertiary/aromatic N) is 1. The maximum atomic E-state index is 13.7. The summed E-state index contributed by atoms with van der Waals surface area (Å²) in [6.07, 6.45) is 0.150. The maximum Gasteiger partial charge on any atom is 0.320 e. The first-order valence-electron chi connectivity index (χ1n) is 5.33. The van der Waals surface area contributed by atoms with Gasteiger partial charge in [-0.2, -0.15) is 0 Å². The van der Waals surface area contributed by atoms with E-state index in [2.05, 4.69) is 15.9 Å². The van der Waals surface area contributed by atoms with Crippen LogP contribution in [0.5, 0.6) is 0 Å². The lowest BCUT2D eigenvalue weighted by molar-refractivity contribution is -0.138. The molecule has 1 atom stereocenters. The molecule has 1 heterocycles. The largest absolute Gasteiger partial charge is 0.480 e. The van der Waals surface area contributed by atoms with Crippen molar-refractivity contribution in [2.75, 3.05) is 0 Å². The quantitative estimate of drug-likeness (QED) is 0.911. The van der Waals surface area contributed by atoms with Crippen molar-refractivity contribution in [1.82, 2.24) is 4.57 Å². The van der Waals surface area contributed by atoms with E-state index < -0.39 is 12.0 Å². The minimum Gasteiger partial charge on any atom is -0.480 e. The van der Waals surface area contributed by atoms with Gasteiger partial charge in [-0.1, -0.05) is 12.1 Å². The number of aryl methyl sites for hydroxylation is 1. The number of aromatic nitrogens is 1. The van der Waals surface area contributed by atoms with E-state index in [1.807, 2.05) is 0 Å². The van der Waals surface area contributed by atoms with Crippen molar-refractivity contribution >= 4 is 32.8 Å². The highest BCUT2D eigenvalue weighted by Crippen LogP contribution is 2.31. The van der Waals surface area contributed by atoms with Crippen molar-refractivity contribution in [3.63, 3.8) is 0 Å². The molecule has 0 radical (unpaired) electrons. The molecule has 1 aromatic heterocycles. The number of halogens is 2. The second-order valence-electron chi connectivity index (χ2n) is 4.11. The molecule has 2 aromatic rings. The number of fused-ring (bicyclic) bond motifs is 1. The first kappa shape index (κ1) is 13.0. The third kappa shape index (κ3) is 2.02. The van der Waals surface area contributed by atoms with Crippen LogP contribution < -0.4 is 5.73 Å². The highest BCUT2D eigenvalue weighted by Gasteiger charge is 2.20. The van der Waals surface area contributed by atoms with Gasteiger partial charge in [0.05, 0.1) is 10.1 Å². The summed E-state index contributed by atoms with van der Waals surface area (Å²) in [5.41, 5.74) is 6.68. The normalized spacial score (nSPS) is 12.9. The topological polar surface area (TPSA) is 68.2 Å². The van der Waals surface area contributed by atoms with E-state index in [4.69, 9.17) is 10.8 Å². The van der Waals surface area contributed by atoms with Crippen LogP contribution in [0.3, 0.4) is 0 Å². The molecule has 0 spiro atoms. The Morgan fingerprint density at radius 1 is 1.61 bits per heavy atom. The highest BCUT2D eigenvalue weighted by atomic mass is 79.9. The number of nitrogens with two attached hydrogens (primary N) is 1. The molecule has 0 saturated carbocycles.